The standard InChI is InChI=1S/C10H12F3NO2/c11-8-3-7(1-2-9(8)16)4-14-5-10(12,13)6-15/h1-3,14-16H,4-6H2. The summed E-state index contributed by atoms with van der Waals surface area (Å²) in [6.45, 7) is -1.89. The van der Waals surface area contributed by atoms with E-state index in [-0.39, 0.29) is 6.54 Å². The molecular formula is C10H12F3NO2. The molecule has 0 aromatic heterocycles. The summed E-state index contributed by atoms with van der Waals surface area (Å²) >= 11 is 0. The molecule has 3 N–H and O–H groups in total. The van der Waals surface area contributed by atoms with Crippen molar-refractivity contribution in [1.29, 1.82) is 0 Å². The quantitative estimate of drug-likeness (QED) is 0.720. The number of rotatable bonds is 5. The third-order valence-electron chi connectivity index (χ3n) is 1.96. The zero-order valence-corrected chi connectivity index (χ0v) is 8.38. The Morgan fingerprint density at radius 2 is 2.00 bits per heavy atom. The molecule has 0 bridgehead atoms. The second-order valence-electron chi connectivity index (χ2n) is 3.40. The zero-order valence-electron chi connectivity index (χ0n) is 8.38. The van der Waals surface area contributed by atoms with Crippen molar-refractivity contribution >= 4 is 0 Å². The Labute approximate surface area is 90.5 Å². The van der Waals surface area contributed by atoms with Gasteiger partial charge in [0.1, 0.15) is 6.61 Å². The van der Waals surface area contributed by atoms with E-state index in [9.17, 15) is 13.2 Å². The van der Waals surface area contributed by atoms with E-state index in [1.54, 1.807) is 0 Å². The van der Waals surface area contributed by atoms with E-state index in [4.69, 9.17) is 10.2 Å². The molecule has 0 aliphatic rings. The molecule has 0 aliphatic carbocycles. The molecule has 16 heavy (non-hydrogen) atoms. The number of hydrogen-bond acceptors (Lipinski definition) is 3. The zero-order chi connectivity index (χ0) is 12.2. The molecule has 3 nitrogen and oxygen atoms in total. The molecular weight excluding hydrogens is 223 g/mol. The van der Waals surface area contributed by atoms with Crippen molar-refractivity contribution < 1.29 is 23.4 Å². The molecule has 1 aromatic carbocycles. The van der Waals surface area contributed by atoms with Crippen LogP contribution in [0.2, 0.25) is 0 Å². The normalized spacial score (nSPS) is 11.8. The minimum Gasteiger partial charge on any atom is -0.505 e. The van der Waals surface area contributed by atoms with Crippen LogP contribution in [0, 0.1) is 5.82 Å². The molecule has 0 aliphatic heterocycles. The minimum absolute atomic E-state index is 0.0345. The van der Waals surface area contributed by atoms with Crippen LogP contribution in [0.4, 0.5) is 13.2 Å². The fourth-order valence-electron chi connectivity index (χ4n) is 1.11. The van der Waals surface area contributed by atoms with E-state index in [1.807, 2.05) is 0 Å². The van der Waals surface area contributed by atoms with Gasteiger partial charge in [0, 0.05) is 6.54 Å². The average Bonchev–Trinajstić information content (AvgIpc) is 2.23. The first-order valence-electron chi connectivity index (χ1n) is 4.61. The fraction of sp³-hybridized carbons (Fsp3) is 0.400. The summed E-state index contributed by atoms with van der Waals surface area (Å²) in [7, 11) is 0. The summed E-state index contributed by atoms with van der Waals surface area (Å²) in [5.41, 5.74) is 0.434. The lowest BCUT2D eigenvalue weighted by Gasteiger charge is -2.13. The third kappa shape index (κ3) is 3.71. The van der Waals surface area contributed by atoms with Crippen LogP contribution < -0.4 is 5.32 Å². The number of hydrogen-bond donors (Lipinski definition) is 3. The fourth-order valence-corrected chi connectivity index (χ4v) is 1.11. The third-order valence-corrected chi connectivity index (χ3v) is 1.96. The molecule has 90 valence electrons. The van der Waals surface area contributed by atoms with Gasteiger partial charge in [-0.05, 0) is 17.7 Å². The van der Waals surface area contributed by atoms with E-state index < -0.39 is 30.6 Å². The van der Waals surface area contributed by atoms with Crippen LogP contribution in [0.25, 0.3) is 0 Å². The molecule has 0 saturated carbocycles. The Kier molecular flexibility index (Phi) is 4.14. The molecule has 0 heterocycles. The maximum atomic E-state index is 12.8. The van der Waals surface area contributed by atoms with Crippen molar-refractivity contribution in [3.8, 4) is 5.75 Å². The van der Waals surface area contributed by atoms with Crippen molar-refractivity contribution in [3.05, 3.63) is 29.6 Å². The van der Waals surface area contributed by atoms with Gasteiger partial charge in [-0.1, -0.05) is 6.07 Å². The molecule has 1 aromatic rings. The molecule has 6 heteroatoms. The second kappa shape index (κ2) is 5.18. The second-order valence-corrected chi connectivity index (χ2v) is 3.40. The first-order chi connectivity index (χ1) is 7.44. The van der Waals surface area contributed by atoms with Crippen molar-refractivity contribution in [2.45, 2.75) is 12.5 Å². The van der Waals surface area contributed by atoms with Crippen LogP contribution in [-0.4, -0.2) is 29.3 Å². The summed E-state index contributed by atoms with van der Waals surface area (Å²) in [5.74, 6) is -4.47. The molecule has 0 atom stereocenters. The van der Waals surface area contributed by atoms with Gasteiger partial charge in [0.15, 0.2) is 11.6 Å². The summed E-state index contributed by atoms with van der Waals surface area (Å²) in [5, 5.41) is 19.6. The smallest absolute Gasteiger partial charge is 0.282 e. The highest BCUT2D eigenvalue weighted by Crippen LogP contribution is 2.16. The van der Waals surface area contributed by atoms with Crippen LogP contribution in [0.5, 0.6) is 5.75 Å². The van der Waals surface area contributed by atoms with E-state index in [2.05, 4.69) is 5.32 Å². The lowest BCUT2D eigenvalue weighted by atomic mass is 10.2. The van der Waals surface area contributed by atoms with Gasteiger partial charge in [0.2, 0.25) is 0 Å². The Morgan fingerprint density at radius 1 is 1.31 bits per heavy atom. The van der Waals surface area contributed by atoms with Crippen LogP contribution >= 0.6 is 0 Å². The monoisotopic (exact) mass is 235 g/mol. The van der Waals surface area contributed by atoms with Crippen LogP contribution in [0.15, 0.2) is 18.2 Å². The molecule has 0 amide bonds. The largest absolute Gasteiger partial charge is 0.505 e. The highest BCUT2D eigenvalue weighted by molar-refractivity contribution is 5.27. The lowest BCUT2D eigenvalue weighted by Crippen LogP contribution is -2.35. The van der Waals surface area contributed by atoms with Gasteiger partial charge in [-0.3, -0.25) is 0 Å². The van der Waals surface area contributed by atoms with Gasteiger partial charge in [-0.15, -0.1) is 0 Å². The number of aromatic hydroxyl groups is 1. The molecule has 1 rings (SSSR count). The molecule has 0 spiro atoms. The summed E-state index contributed by atoms with van der Waals surface area (Å²) in [4.78, 5) is 0. The SMILES string of the molecule is OCC(F)(F)CNCc1ccc(O)c(F)c1. The predicted octanol–water partition coefficient (Wildman–Crippen LogP) is 1.25. The van der Waals surface area contributed by atoms with Gasteiger partial charge in [0.25, 0.3) is 5.92 Å². The van der Waals surface area contributed by atoms with Crippen molar-refractivity contribution in [2.75, 3.05) is 13.2 Å². The Bertz CT molecular complexity index is 358. The minimum atomic E-state index is -3.19. The van der Waals surface area contributed by atoms with E-state index in [0.717, 1.165) is 12.1 Å². The van der Waals surface area contributed by atoms with Gasteiger partial charge in [0.05, 0.1) is 6.54 Å². The molecule has 0 radical (unpaired) electrons. The van der Waals surface area contributed by atoms with Gasteiger partial charge in [-0.25, -0.2) is 13.2 Å². The van der Waals surface area contributed by atoms with Crippen LogP contribution in [0.3, 0.4) is 0 Å². The number of halogens is 3. The summed E-state index contributed by atoms with van der Waals surface area (Å²) in [6.07, 6.45) is 0. The average molecular weight is 235 g/mol. The van der Waals surface area contributed by atoms with Crippen molar-refractivity contribution in [3.63, 3.8) is 0 Å². The van der Waals surface area contributed by atoms with E-state index in [1.165, 1.54) is 6.07 Å². The van der Waals surface area contributed by atoms with E-state index >= 15 is 0 Å². The van der Waals surface area contributed by atoms with Crippen molar-refractivity contribution in [2.24, 2.45) is 0 Å². The van der Waals surface area contributed by atoms with Gasteiger partial charge >= 0.3 is 0 Å². The number of aliphatic hydroxyl groups is 1. The Balaban J connectivity index is 2.46. The number of aliphatic hydroxyl groups excluding tert-OH is 1. The number of phenolic OH excluding ortho intramolecular Hbond substituents is 1. The van der Waals surface area contributed by atoms with Crippen LogP contribution in [-0.2, 0) is 6.54 Å². The number of nitrogens with one attached hydrogen (secondary N) is 1. The van der Waals surface area contributed by atoms with Gasteiger partial charge < -0.3 is 15.5 Å². The highest BCUT2D eigenvalue weighted by Gasteiger charge is 2.26. The molecule has 0 saturated heterocycles. The Morgan fingerprint density at radius 3 is 2.56 bits per heavy atom. The number of phenols is 1. The first-order valence-corrected chi connectivity index (χ1v) is 4.61. The lowest BCUT2D eigenvalue weighted by molar-refractivity contribution is -0.0477. The van der Waals surface area contributed by atoms with Crippen LogP contribution in [0.1, 0.15) is 5.56 Å². The van der Waals surface area contributed by atoms with E-state index in [0.29, 0.717) is 5.56 Å². The highest BCUT2D eigenvalue weighted by atomic mass is 19.3. The van der Waals surface area contributed by atoms with Crippen molar-refractivity contribution in [1.82, 2.24) is 5.32 Å². The molecule has 0 fully saturated rings. The maximum Gasteiger partial charge on any atom is 0.282 e. The maximum absolute atomic E-state index is 12.8. The summed E-state index contributed by atoms with van der Waals surface area (Å²) < 4.78 is 38.0. The summed E-state index contributed by atoms with van der Waals surface area (Å²) in [6, 6.07) is 3.62. The Hall–Kier alpha value is -1.27. The first kappa shape index (κ1) is 12.8. The predicted molar refractivity (Wildman–Crippen MR) is 51.8 cm³/mol. The number of alkyl halides is 2. The molecule has 0 unspecified atom stereocenters. The topological polar surface area (TPSA) is 52.5 Å². The number of benzene rings is 1. The van der Waals surface area contributed by atoms with Gasteiger partial charge in [-0.2, -0.15) is 0 Å².